The molecule has 2 aromatic rings. The molecular formula is C18H22O. The minimum atomic E-state index is 0.950. The van der Waals surface area contributed by atoms with Crippen molar-refractivity contribution in [2.75, 3.05) is 0 Å². The Bertz CT molecular complexity index is 520. The SMILES string of the molecule is CCCCc1c(C/C=C/c2ccccc2)coc1C. The first-order valence-electron chi connectivity index (χ1n) is 7.08. The summed E-state index contributed by atoms with van der Waals surface area (Å²) in [6.07, 6.45) is 10.8. The molecule has 1 heterocycles. The Hall–Kier alpha value is -1.76. The molecule has 100 valence electrons. The van der Waals surface area contributed by atoms with Crippen LogP contribution in [0, 0.1) is 6.92 Å². The number of allylic oxidation sites excluding steroid dienone is 1. The summed E-state index contributed by atoms with van der Waals surface area (Å²) in [5.74, 6) is 1.08. The minimum Gasteiger partial charge on any atom is -0.469 e. The van der Waals surface area contributed by atoms with Gasteiger partial charge in [0.05, 0.1) is 6.26 Å². The van der Waals surface area contributed by atoms with Gasteiger partial charge in [-0.3, -0.25) is 0 Å². The number of rotatable bonds is 6. The number of hydrogen-bond donors (Lipinski definition) is 0. The highest BCUT2D eigenvalue weighted by atomic mass is 16.3. The van der Waals surface area contributed by atoms with E-state index >= 15 is 0 Å². The molecule has 1 aromatic heterocycles. The first-order chi connectivity index (χ1) is 9.31. The second-order valence-corrected chi connectivity index (χ2v) is 4.92. The van der Waals surface area contributed by atoms with Gasteiger partial charge in [-0.05, 0) is 42.9 Å². The summed E-state index contributed by atoms with van der Waals surface area (Å²) in [4.78, 5) is 0. The van der Waals surface area contributed by atoms with Crippen molar-refractivity contribution in [3.63, 3.8) is 0 Å². The number of aryl methyl sites for hydroxylation is 1. The first kappa shape index (κ1) is 13.7. The highest BCUT2D eigenvalue weighted by Crippen LogP contribution is 2.20. The Kier molecular flexibility index (Phi) is 5.02. The predicted octanol–water partition coefficient (Wildman–Crippen LogP) is 5.19. The molecule has 0 amide bonds. The fourth-order valence-corrected chi connectivity index (χ4v) is 2.28. The van der Waals surface area contributed by atoms with E-state index in [-0.39, 0.29) is 0 Å². The zero-order valence-corrected chi connectivity index (χ0v) is 11.9. The second kappa shape index (κ2) is 6.98. The van der Waals surface area contributed by atoms with Gasteiger partial charge in [0.25, 0.3) is 0 Å². The van der Waals surface area contributed by atoms with E-state index in [0.717, 1.165) is 18.6 Å². The van der Waals surface area contributed by atoms with Crippen molar-refractivity contribution in [2.45, 2.75) is 39.5 Å². The van der Waals surface area contributed by atoms with Gasteiger partial charge >= 0.3 is 0 Å². The quantitative estimate of drug-likeness (QED) is 0.691. The summed E-state index contributed by atoms with van der Waals surface area (Å²) < 4.78 is 5.56. The van der Waals surface area contributed by atoms with E-state index in [1.54, 1.807) is 0 Å². The highest BCUT2D eigenvalue weighted by molar-refractivity contribution is 5.49. The molecule has 0 saturated carbocycles. The van der Waals surface area contributed by atoms with Crippen molar-refractivity contribution in [2.24, 2.45) is 0 Å². The molecule has 0 fully saturated rings. The second-order valence-electron chi connectivity index (χ2n) is 4.92. The van der Waals surface area contributed by atoms with Gasteiger partial charge in [0.15, 0.2) is 0 Å². The van der Waals surface area contributed by atoms with Gasteiger partial charge in [0.2, 0.25) is 0 Å². The Morgan fingerprint density at radius 3 is 2.68 bits per heavy atom. The Labute approximate surface area is 116 Å². The van der Waals surface area contributed by atoms with Crippen LogP contribution in [-0.4, -0.2) is 0 Å². The molecule has 19 heavy (non-hydrogen) atoms. The van der Waals surface area contributed by atoms with Crippen molar-refractivity contribution in [3.05, 3.63) is 65.1 Å². The standard InChI is InChI=1S/C18H22O/c1-3-4-13-18-15(2)19-14-17(18)12-8-11-16-9-6-5-7-10-16/h5-11,14H,3-4,12-13H2,1-2H3/b11-8+. The fraction of sp³-hybridized carbons (Fsp3) is 0.333. The fourth-order valence-electron chi connectivity index (χ4n) is 2.28. The predicted molar refractivity (Wildman–Crippen MR) is 81.2 cm³/mol. The van der Waals surface area contributed by atoms with Gasteiger partial charge in [-0.2, -0.15) is 0 Å². The lowest BCUT2D eigenvalue weighted by Crippen LogP contribution is -1.91. The van der Waals surface area contributed by atoms with Crippen LogP contribution in [0.1, 0.15) is 42.2 Å². The van der Waals surface area contributed by atoms with Gasteiger partial charge in [0.1, 0.15) is 5.76 Å². The van der Waals surface area contributed by atoms with E-state index < -0.39 is 0 Å². The summed E-state index contributed by atoms with van der Waals surface area (Å²) in [5.41, 5.74) is 3.98. The van der Waals surface area contributed by atoms with E-state index in [4.69, 9.17) is 4.42 Å². The third-order valence-electron chi connectivity index (χ3n) is 3.42. The van der Waals surface area contributed by atoms with E-state index in [2.05, 4.69) is 50.3 Å². The molecule has 0 aliphatic rings. The Morgan fingerprint density at radius 1 is 1.16 bits per heavy atom. The Balaban J connectivity index is 2.01. The average molecular weight is 254 g/mol. The number of hydrogen-bond acceptors (Lipinski definition) is 1. The molecule has 0 bridgehead atoms. The molecule has 1 aromatic carbocycles. The molecule has 0 saturated heterocycles. The average Bonchev–Trinajstić information content (AvgIpc) is 2.78. The third kappa shape index (κ3) is 3.85. The van der Waals surface area contributed by atoms with Crippen molar-refractivity contribution in [1.29, 1.82) is 0 Å². The summed E-state index contributed by atoms with van der Waals surface area (Å²) in [7, 11) is 0. The number of benzene rings is 1. The molecular weight excluding hydrogens is 232 g/mol. The van der Waals surface area contributed by atoms with Crippen molar-refractivity contribution in [3.8, 4) is 0 Å². The number of furan rings is 1. The van der Waals surface area contributed by atoms with E-state index in [0.29, 0.717) is 0 Å². The molecule has 0 spiro atoms. The van der Waals surface area contributed by atoms with Gasteiger partial charge in [-0.1, -0.05) is 55.8 Å². The maximum Gasteiger partial charge on any atom is 0.104 e. The van der Waals surface area contributed by atoms with Crippen LogP contribution in [0.3, 0.4) is 0 Å². The van der Waals surface area contributed by atoms with Crippen LogP contribution < -0.4 is 0 Å². The first-order valence-corrected chi connectivity index (χ1v) is 7.08. The van der Waals surface area contributed by atoms with Crippen molar-refractivity contribution in [1.82, 2.24) is 0 Å². The maximum atomic E-state index is 5.56. The van der Waals surface area contributed by atoms with Crippen molar-refractivity contribution < 1.29 is 4.42 Å². The summed E-state index contributed by atoms with van der Waals surface area (Å²) >= 11 is 0. The van der Waals surface area contributed by atoms with E-state index in [1.165, 1.54) is 29.5 Å². The van der Waals surface area contributed by atoms with Crippen LogP contribution in [0.15, 0.2) is 47.1 Å². The zero-order chi connectivity index (χ0) is 13.5. The molecule has 1 heteroatoms. The molecule has 0 aliphatic heterocycles. The minimum absolute atomic E-state index is 0.950. The van der Waals surface area contributed by atoms with Gasteiger partial charge in [-0.25, -0.2) is 0 Å². The maximum absolute atomic E-state index is 5.56. The van der Waals surface area contributed by atoms with Gasteiger partial charge in [-0.15, -0.1) is 0 Å². The van der Waals surface area contributed by atoms with Crippen LogP contribution in [0.2, 0.25) is 0 Å². The summed E-state index contributed by atoms with van der Waals surface area (Å²) in [5, 5.41) is 0. The molecule has 2 rings (SSSR count). The lowest BCUT2D eigenvalue weighted by atomic mass is 10.0. The molecule has 0 aliphatic carbocycles. The van der Waals surface area contributed by atoms with Crippen LogP contribution in [0.4, 0.5) is 0 Å². The largest absolute Gasteiger partial charge is 0.469 e. The van der Waals surface area contributed by atoms with Crippen molar-refractivity contribution >= 4 is 6.08 Å². The normalized spacial score (nSPS) is 11.3. The highest BCUT2D eigenvalue weighted by Gasteiger charge is 2.08. The lowest BCUT2D eigenvalue weighted by molar-refractivity contribution is 0.527. The van der Waals surface area contributed by atoms with E-state index in [9.17, 15) is 0 Å². The Morgan fingerprint density at radius 2 is 1.95 bits per heavy atom. The lowest BCUT2D eigenvalue weighted by Gasteiger charge is -2.01. The van der Waals surface area contributed by atoms with Crippen LogP contribution in [0.25, 0.3) is 6.08 Å². The molecule has 0 N–H and O–H groups in total. The van der Waals surface area contributed by atoms with Crippen LogP contribution in [0.5, 0.6) is 0 Å². The van der Waals surface area contributed by atoms with Gasteiger partial charge in [0, 0.05) is 0 Å². The number of unbranched alkanes of at least 4 members (excludes halogenated alkanes) is 1. The van der Waals surface area contributed by atoms with Gasteiger partial charge < -0.3 is 4.42 Å². The molecule has 0 atom stereocenters. The third-order valence-corrected chi connectivity index (χ3v) is 3.42. The topological polar surface area (TPSA) is 13.1 Å². The van der Waals surface area contributed by atoms with E-state index in [1.807, 2.05) is 12.3 Å². The molecule has 1 nitrogen and oxygen atoms in total. The monoisotopic (exact) mass is 254 g/mol. The summed E-state index contributed by atoms with van der Waals surface area (Å²) in [6.45, 7) is 4.29. The molecule has 0 radical (unpaired) electrons. The van der Waals surface area contributed by atoms with Crippen LogP contribution in [-0.2, 0) is 12.8 Å². The molecule has 0 unspecified atom stereocenters. The summed E-state index contributed by atoms with van der Waals surface area (Å²) in [6, 6.07) is 10.4. The smallest absolute Gasteiger partial charge is 0.104 e. The zero-order valence-electron chi connectivity index (χ0n) is 11.9. The van der Waals surface area contributed by atoms with Crippen LogP contribution >= 0.6 is 0 Å².